The summed E-state index contributed by atoms with van der Waals surface area (Å²) in [5.74, 6) is 0.632. The molecule has 3 atom stereocenters. The molecule has 0 radical (unpaired) electrons. The van der Waals surface area contributed by atoms with Crippen LogP contribution in [0.15, 0.2) is 24.3 Å². The molecule has 1 saturated carbocycles. The first-order chi connectivity index (χ1) is 9.46. The van der Waals surface area contributed by atoms with Gasteiger partial charge in [0, 0.05) is 24.3 Å². The van der Waals surface area contributed by atoms with Gasteiger partial charge in [0.25, 0.3) is 0 Å². The van der Waals surface area contributed by atoms with E-state index in [-0.39, 0.29) is 0 Å². The van der Waals surface area contributed by atoms with Crippen LogP contribution in [-0.2, 0) is 6.42 Å². The minimum Gasteiger partial charge on any atom is -0.368 e. The zero-order valence-electron chi connectivity index (χ0n) is 13.1. The van der Waals surface area contributed by atoms with Gasteiger partial charge in [-0.3, -0.25) is 0 Å². The average Bonchev–Trinajstić information content (AvgIpc) is 2.70. The van der Waals surface area contributed by atoms with Crippen molar-refractivity contribution in [3.63, 3.8) is 0 Å². The van der Waals surface area contributed by atoms with E-state index in [2.05, 4.69) is 49.9 Å². The Morgan fingerprint density at radius 2 is 2.05 bits per heavy atom. The number of hydrogen-bond donors (Lipinski definition) is 1. The summed E-state index contributed by atoms with van der Waals surface area (Å²) in [7, 11) is 0. The van der Waals surface area contributed by atoms with Gasteiger partial charge in [-0.2, -0.15) is 0 Å². The fourth-order valence-corrected chi connectivity index (χ4v) is 4.12. The Kier molecular flexibility index (Phi) is 3.53. The van der Waals surface area contributed by atoms with Crippen LogP contribution in [0.1, 0.15) is 45.6 Å². The van der Waals surface area contributed by atoms with Crippen LogP contribution in [0.5, 0.6) is 0 Å². The molecule has 0 saturated heterocycles. The SMILES string of the molecule is CC1Cc2ccccc2N1CC1CC(C)(C)CCC1N. The van der Waals surface area contributed by atoms with Gasteiger partial charge >= 0.3 is 0 Å². The second kappa shape index (κ2) is 5.07. The highest BCUT2D eigenvalue weighted by atomic mass is 15.2. The Morgan fingerprint density at radius 1 is 1.30 bits per heavy atom. The van der Waals surface area contributed by atoms with E-state index in [0.29, 0.717) is 23.4 Å². The lowest BCUT2D eigenvalue weighted by Crippen LogP contribution is -2.46. The van der Waals surface area contributed by atoms with Crippen LogP contribution < -0.4 is 10.6 Å². The molecule has 1 fully saturated rings. The molecule has 110 valence electrons. The summed E-state index contributed by atoms with van der Waals surface area (Å²) in [4.78, 5) is 2.60. The maximum atomic E-state index is 6.42. The van der Waals surface area contributed by atoms with Crippen LogP contribution >= 0.6 is 0 Å². The molecule has 2 nitrogen and oxygen atoms in total. The highest BCUT2D eigenvalue weighted by molar-refractivity contribution is 5.59. The monoisotopic (exact) mass is 272 g/mol. The Balaban J connectivity index is 1.77. The highest BCUT2D eigenvalue weighted by Gasteiger charge is 2.36. The molecule has 2 N–H and O–H groups in total. The predicted molar refractivity (Wildman–Crippen MR) is 86.1 cm³/mol. The number of hydrogen-bond acceptors (Lipinski definition) is 2. The van der Waals surface area contributed by atoms with Gasteiger partial charge in [-0.15, -0.1) is 0 Å². The second-order valence-corrected chi connectivity index (χ2v) is 7.67. The molecule has 0 spiro atoms. The molecule has 2 aliphatic rings. The van der Waals surface area contributed by atoms with Crippen molar-refractivity contribution in [2.24, 2.45) is 17.1 Å². The van der Waals surface area contributed by atoms with E-state index in [0.717, 1.165) is 6.54 Å². The van der Waals surface area contributed by atoms with E-state index in [1.165, 1.54) is 36.9 Å². The van der Waals surface area contributed by atoms with Gasteiger partial charge in [0.2, 0.25) is 0 Å². The minimum absolute atomic E-state index is 0.378. The summed E-state index contributed by atoms with van der Waals surface area (Å²) in [6, 6.07) is 9.86. The number of nitrogens with two attached hydrogens (primary N) is 1. The first kappa shape index (κ1) is 13.9. The number of anilines is 1. The van der Waals surface area contributed by atoms with E-state index in [1.54, 1.807) is 0 Å². The zero-order valence-corrected chi connectivity index (χ0v) is 13.1. The van der Waals surface area contributed by atoms with Crippen molar-refractivity contribution in [1.29, 1.82) is 0 Å². The summed E-state index contributed by atoms with van der Waals surface area (Å²) in [6.07, 6.45) is 4.90. The molecule has 1 heterocycles. The fraction of sp³-hybridized carbons (Fsp3) is 0.667. The third kappa shape index (κ3) is 2.58. The summed E-state index contributed by atoms with van der Waals surface area (Å²) in [6.45, 7) is 8.27. The van der Waals surface area contributed by atoms with Crippen LogP contribution in [0.25, 0.3) is 0 Å². The topological polar surface area (TPSA) is 29.3 Å². The van der Waals surface area contributed by atoms with Gasteiger partial charge in [0.05, 0.1) is 0 Å². The molecule has 20 heavy (non-hydrogen) atoms. The second-order valence-electron chi connectivity index (χ2n) is 7.67. The summed E-state index contributed by atoms with van der Waals surface area (Å²) in [5.41, 5.74) is 9.82. The Morgan fingerprint density at radius 3 is 2.85 bits per heavy atom. The Bertz CT molecular complexity index is 480. The number of para-hydroxylation sites is 1. The molecule has 0 bridgehead atoms. The first-order valence-electron chi connectivity index (χ1n) is 8.06. The lowest BCUT2D eigenvalue weighted by molar-refractivity contribution is 0.159. The molecule has 3 unspecified atom stereocenters. The molecule has 1 aromatic carbocycles. The molecule has 1 aliphatic heterocycles. The Hall–Kier alpha value is -1.02. The smallest absolute Gasteiger partial charge is 0.0402 e. The van der Waals surface area contributed by atoms with Gasteiger partial charge in [0.15, 0.2) is 0 Å². The minimum atomic E-state index is 0.378. The number of benzene rings is 1. The van der Waals surface area contributed by atoms with Crippen LogP contribution in [-0.4, -0.2) is 18.6 Å². The van der Waals surface area contributed by atoms with Gasteiger partial charge < -0.3 is 10.6 Å². The summed E-state index contributed by atoms with van der Waals surface area (Å²) in [5, 5.41) is 0. The van der Waals surface area contributed by atoms with Crippen molar-refractivity contribution < 1.29 is 0 Å². The van der Waals surface area contributed by atoms with Crippen LogP contribution in [0.3, 0.4) is 0 Å². The zero-order chi connectivity index (χ0) is 14.3. The maximum absolute atomic E-state index is 6.42. The normalized spacial score (nSPS) is 32.2. The van der Waals surface area contributed by atoms with Crippen molar-refractivity contribution >= 4 is 5.69 Å². The lowest BCUT2D eigenvalue weighted by atomic mass is 9.70. The molecule has 1 aliphatic carbocycles. The van der Waals surface area contributed by atoms with E-state index >= 15 is 0 Å². The first-order valence-corrected chi connectivity index (χ1v) is 8.06. The van der Waals surface area contributed by atoms with Gasteiger partial charge in [-0.1, -0.05) is 32.0 Å². The van der Waals surface area contributed by atoms with Crippen molar-refractivity contribution in [2.75, 3.05) is 11.4 Å². The van der Waals surface area contributed by atoms with Crippen molar-refractivity contribution in [3.8, 4) is 0 Å². The van der Waals surface area contributed by atoms with Crippen LogP contribution in [0, 0.1) is 11.3 Å². The number of fused-ring (bicyclic) bond motifs is 1. The fourth-order valence-electron chi connectivity index (χ4n) is 4.12. The van der Waals surface area contributed by atoms with Gasteiger partial charge in [-0.25, -0.2) is 0 Å². The van der Waals surface area contributed by atoms with Crippen molar-refractivity contribution in [2.45, 2.75) is 58.5 Å². The number of nitrogens with zero attached hydrogens (tertiary/aromatic N) is 1. The third-order valence-corrected chi connectivity index (χ3v) is 5.35. The average molecular weight is 272 g/mol. The van der Waals surface area contributed by atoms with E-state index in [1.807, 2.05) is 0 Å². The number of rotatable bonds is 2. The van der Waals surface area contributed by atoms with Crippen LogP contribution in [0.4, 0.5) is 5.69 Å². The van der Waals surface area contributed by atoms with E-state index < -0.39 is 0 Å². The molecule has 3 rings (SSSR count). The summed E-state index contributed by atoms with van der Waals surface area (Å²) < 4.78 is 0. The lowest BCUT2D eigenvalue weighted by Gasteiger charge is -2.42. The summed E-state index contributed by atoms with van der Waals surface area (Å²) >= 11 is 0. The van der Waals surface area contributed by atoms with Crippen molar-refractivity contribution in [1.82, 2.24) is 0 Å². The maximum Gasteiger partial charge on any atom is 0.0402 e. The van der Waals surface area contributed by atoms with Gasteiger partial charge in [-0.05, 0) is 55.6 Å². The molecular weight excluding hydrogens is 244 g/mol. The largest absolute Gasteiger partial charge is 0.368 e. The third-order valence-electron chi connectivity index (χ3n) is 5.35. The predicted octanol–water partition coefficient (Wildman–Crippen LogP) is 3.59. The van der Waals surface area contributed by atoms with Crippen molar-refractivity contribution in [3.05, 3.63) is 29.8 Å². The Labute approximate surface area is 123 Å². The molecule has 0 amide bonds. The highest BCUT2D eigenvalue weighted by Crippen LogP contribution is 2.40. The van der Waals surface area contributed by atoms with Crippen LogP contribution in [0.2, 0.25) is 0 Å². The quantitative estimate of drug-likeness (QED) is 0.891. The molecular formula is C18H28N2. The van der Waals surface area contributed by atoms with E-state index in [4.69, 9.17) is 5.73 Å². The van der Waals surface area contributed by atoms with E-state index in [9.17, 15) is 0 Å². The molecule has 1 aromatic rings. The molecule has 0 aromatic heterocycles. The molecule has 2 heteroatoms. The van der Waals surface area contributed by atoms with Gasteiger partial charge in [0.1, 0.15) is 0 Å². The standard InChI is InChI=1S/C18H28N2/c1-13-10-14-6-4-5-7-17(14)20(13)12-15-11-18(2,3)9-8-16(15)19/h4-7,13,15-16H,8-12,19H2,1-3H3.